The van der Waals surface area contributed by atoms with E-state index in [0.29, 0.717) is 5.92 Å². The molecule has 0 spiro atoms. The van der Waals surface area contributed by atoms with Crippen LogP contribution >= 0.6 is 0 Å². The van der Waals surface area contributed by atoms with Gasteiger partial charge in [-0.15, -0.1) is 0 Å². The molecule has 0 aliphatic carbocycles. The molecule has 1 aliphatic heterocycles. The summed E-state index contributed by atoms with van der Waals surface area (Å²) in [5, 5.41) is 6.12. The highest BCUT2D eigenvalue weighted by molar-refractivity contribution is 7.85. The standard InChI is InChI=1S/C11H22N2O2.C7H8O3S/c1-11(2,3)15-10(14)13-8-9-4-6-12-7-5-9;1-6-2-4-7(5-3-6)11(8,9)10/h9,12H,4-8H2,1-3H3,(H,13,14);2-5H,1H3,(H,8,9,10). The van der Waals surface area contributed by atoms with Crippen molar-refractivity contribution in [3.63, 3.8) is 0 Å². The lowest BCUT2D eigenvalue weighted by molar-refractivity contribution is 0.0516. The van der Waals surface area contributed by atoms with Crippen molar-refractivity contribution >= 4 is 16.2 Å². The normalized spacial score (nSPS) is 15.6. The molecular weight excluding hydrogens is 356 g/mol. The largest absolute Gasteiger partial charge is 0.444 e. The van der Waals surface area contributed by atoms with Gasteiger partial charge < -0.3 is 15.4 Å². The molecule has 1 fully saturated rings. The first-order valence-electron chi connectivity index (χ1n) is 8.69. The fourth-order valence-corrected chi connectivity index (χ4v) is 2.82. The lowest BCUT2D eigenvalue weighted by atomic mass is 9.98. The molecule has 3 N–H and O–H groups in total. The predicted octanol–water partition coefficient (Wildman–Crippen LogP) is 2.75. The van der Waals surface area contributed by atoms with Crippen LogP contribution in [-0.4, -0.2) is 44.3 Å². The number of aryl methyl sites for hydroxylation is 1. The molecule has 8 heteroatoms. The van der Waals surface area contributed by atoms with Gasteiger partial charge in [-0.3, -0.25) is 4.55 Å². The van der Waals surface area contributed by atoms with E-state index in [1.54, 1.807) is 12.1 Å². The average molecular weight is 387 g/mol. The summed E-state index contributed by atoms with van der Waals surface area (Å²) in [6.45, 7) is 10.3. The highest BCUT2D eigenvalue weighted by Crippen LogP contribution is 2.11. The number of hydrogen-bond donors (Lipinski definition) is 3. The summed E-state index contributed by atoms with van der Waals surface area (Å²) in [6.07, 6.45) is 1.96. The number of benzene rings is 1. The molecule has 0 aromatic heterocycles. The molecule has 2 rings (SSSR count). The molecular formula is C18H30N2O5S. The SMILES string of the molecule is CC(C)(C)OC(=O)NCC1CCNCC1.Cc1ccc(S(=O)(=O)O)cc1. The van der Waals surface area contributed by atoms with E-state index in [1.165, 1.54) is 12.1 Å². The van der Waals surface area contributed by atoms with E-state index < -0.39 is 15.7 Å². The van der Waals surface area contributed by atoms with E-state index in [-0.39, 0.29) is 11.0 Å². The Kier molecular flexibility index (Phi) is 8.52. The first-order chi connectivity index (χ1) is 12.0. The maximum absolute atomic E-state index is 11.4. The second-order valence-corrected chi connectivity index (χ2v) is 8.79. The van der Waals surface area contributed by atoms with E-state index in [4.69, 9.17) is 9.29 Å². The molecule has 1 aromatic rings. The van der Waals surface area contributed by atoms with Crippen LogP contribution < -0.4 is 10.6 Å². The van der Waals surface area contributed by atoms with Crippen LogP contribution in [0.3, 0.4) is 0 Å². The number of rotatable bonds is 3. The van der Waals surface area contributed by atoms with Gasteiger partial charge in [0.05, 0.1) is 4.90 Å². The molecule has 0 bridgehead atoms. The molecule has 1 saturated heterocycles. The Morgan fingerprint density at radius 3 is 2.23 bits per heavy atom. The third-order valence-electron chi connectivity index (χ3n) is 3.71. The van der Waals surface area contributed by atoms with Crippen molar-refractivity contribution in [1.82, 2.24) is 10.6 Å². The van der Waals surface area contributed by atoms with E-state index in [1.807, 2.05) is 27.7 Å². The van der Waals surface area contributed by atoms with E-state index >= 15 is 0 Å². The van der Waals surface area contributed by atoms with Crippen molar-refractivity contribution < 1.29 is 22.5 Å². The fraction of sp³-hybridized carbons (Fsp3) is 0.611. The number of ether oxygens (including phenoxy) is 1. The van der Waals surface area contributed by atoms with Gasteiger partial charge in [0.15, 0.2) is 0 Å². The smallest absolute Gasteiger partial charge is 0.407 e. The molecule has 0 saturated carbocycles. The van der Waals surface area contributed by atoms with Crippen LogP contribution in [-0.2, 0) is 14.9 Å². The van der Waals surface area contributed by atoms with Crippen LogP contribution in [0, 0.1) is 12.8 Å². The summed E-state index contributed by atoms with van der Waals surface area (Å²) in [5.41, 5.74) is 0.551. The highest BCUT2D eigenvalue weighted by Gasteiger charge is 2.18. The van der Waals surface area contributed by atoms with Gasteiger partial charge in [-0.05, 0) is 71.7 Å². The molecule has 26 heavy (non-hydrogen) atoms. The molecule has 1 aliphatic rings. The quantitative estimate of drug-likeness (QED) is 0.690. The van der Waals surface area contributed by atoms with Gasteiger partial charge in [-0.1, -0.05) is 17.7 Å². The Morgan fingerprint density at radius 2 is 1.77 bits per heavy atom. The summed E-state index contributed by atoms with van der Waals surface area (Å²) in [4.78, 5) is 11.3. The molecule has 1 heterocycles. The molecule has 1 amide bonds. The second-order valence-electron chi connectivity index (χ2n) is 7.36. The number of hydrogen-bond acceptors (Lipinski definition) is 5. The molecule has 0 unspecified atom stereocenters. The number of amides is 1. The van der Waals surface area contributed by atoms with Crippen LogP contribution in [0.2, 0.25) is 0 Å². The van der Waals surface area contributed by atoms with Crippen LogP contribution in [0.4, 0.5) is 4.79 Å². The van der Waals surface area contributed by atoms with Crippen LogP contribution in [0.25, 0.3) is 0 Å². The molecule has 0 atom stereocenters. The summed E-state index contributed by atoms with van der Waals surface area (Å²) in [6, 6.07) is 5.99. The van der Waals surface area contributed by atoms with E-state index in [0.717, 1.165) is 38.0 Å². The Balaban J connectivity index is 0.000000273. The van der Waals surface area contributed by atoms with Gasteiger partial charge in [0.1, 0.15) is 5.60 Å². The molecule has 1 aromatic carbocycles. The zero-order valence-electron chi connectivity index (χ0n) is 15.9. The third kappa shape index (κ3) is 9.74. The van der Waals surface area contributed by atoms with E-state index in [2.05, 4.69) is 10.6 Å². The third-order valence-corrected chi connectivity index (χ3v) is 4.58. The maximum atomic E-state index is 11.4. The first-order valence-corrected chi connectivity index (χ1v) is 10.1. The van der Waals surface area contributed by atoms with E-state index in [9.17, 15) is 13.2 Å². The van der Waals surface area contributed by atoms with Crippen molar-refractivity contribution in [2.24, 2.45) is 5.92 Å². The van der Waals surface area contributed by atoms with Crippen molar-refractivity contribution in [1.29, 1.82) is 0 Å². The Morgan fingerprint density at radius 1 is 1.23 bits per heavy atom. The Bertz CT molecular complexity index is 660. The number of carbonyl (C=O) groups is 1. The zero-order chi connectivity index (χ0) is 19.8. The van der Waals surface area contributed by atoms with Crippen LogP contribution in [0.15, 0.2) is 29.2 Å². The number of nitrogens with one attached hydrogen (secondary N) is 2. The van der Waals surface area contributed by atoms with Crippen molar-refractivity contribution in [2.75, 3.05) is 19.6 Å². The number of carbonyl (C=O) groups excluding carboxylic acids is 1. The number of alkyl carbamates (subject to hydrolysis) is 1. The summed E-state index contributed by atoms with van der Waals surface area (Å²) in [5.74, 6) is 0.596. The van der Waals surface area contributed by atoms with Gasteiger partial charge in [0.25, 0.3) is 10.1 Å². The summed E-state index contributed by atoms with van der Waals surface area (Å²) in [7, 11) is -4.02. The monoisotopic (exact) mass is 386 g/mol. The van der Waals surface area contributed by atoms with Crippen molar-refractivity contribution in [2.45, 2.75) is 51.0 Å². The number of piperidine rings is 1. The minimum atomic E-state index is -4.02. The fourth-order valence-electron chi connectivity index (χ4n) is 2.34. The predicted molar refractivity (Wildman–Crippen MR) is 101 cm³/mol. The summed E-state index contributed by atoms with van der Waals surface area (Å²) < 4.78 is 34.7. The molecule has 0 radical (unpaired) electrons. The van der Waals surface area contributed by atoms with Crippen molar-refractivity contribution in [3.8, 4) is 0 Å². The van der Waals surface area contributed by atoms with Gasteiger partial charge >= 0.3 is 6.09 Å². The van der Waals surface area contributed by atoms with Crippen LogP contribution in [0.5, 0.6) is 0 Å². The first kappa shape index (κ1) is 22.4. The topological polar surface area (TPSA) is 105 Å². The molecule has 148 valence electrons. The minimum Gasteiger partial charge on any atom is -0.444 e. The van der Waals surface area contributed by atoms with Gasteiger partial charge in [0, 0.05) is 6.54 Å². The van der Waals surface area contributed by atoms with Gasteiger partial charge in [-0.25, -0.2) is 4.79 Å². The Hall–Kier alpha value is -1.64. The van der Waals surface area contributed by atoms with Crippen LogP contribution in [0.1, 0.15) is 39.2 Å². The lowest BCUT2D eigenvalue weighted by Crippen LogP contribution is -2.38. The van der Waals surface area contributed by atoms with Gasteiger partial charge in [0.2, 0.25) is 0 Å². The van der Waals surface area contributed by atoms with Gasteiger partial charge in [-0.2, -0.15) is 8.42 Å². The molecule has 7 nitrogen and oxygen atoms in total. The Labute approximate surface area is 156 Å². The summed E-state index contributed by atoms with van der Waals surface area (Å²) >= 11 is 0. The minimum absolute atomic E-state index is 0.0666. The zero-order valence-corrected chi connectivity index (χ0v) is 16.7. The average Bonchev–Trinajstić information content (AvgIpc) is 2.52. The van der Waals surface area contributed by atoms with Crippen molar-refractivity contribution in [3.05, 3.63) is 29.8 Å². The lowest BCUT2D eigenvalue weighted by Gasteiger charge is -2.24. The highest BCUT2D eigenvalue weighted by atomic mass is 32.2. The second kappa shape index (κ2) is 9.89. The maximum Gasteiger partial charge on any atom is 0.407 e.